The number of carboxylic acids is 1. The number of aliphatic hydroxyl groups is 2. The van der Waals surface area contributed by atoms with E-state index in [0.29, 0.717) is 0 Å². The smallest absolute Gasteiger partial charge is 0.469 e. The predicted octanol–water partition coefficient (Wildman–Crippen LogP) is -2.10. The number of aliphatic hydroxyl groups excluding tert-OH is 2. The highest BCUT2D eigenvalue weighted by molar-refractivity contribution is 7.46. The second-order valence-electron chi connectivity index (χ2n) is 5.01. The summed E-state index contributed by atoms with van der Waals surface area (Å²) in [5, 5.41) is 28.8. The van der Waals surface area contributed by atoms with Crippen LogP contribution in [0.4, 0.5) is 0 Å². The Morgan fingerprint density at radius 3 is 2.64 bits per heavy atom. The van der Waals surface area contributed by atoms with Crippen LogP contribution in [-0.2, 0) is 18.6 Å². The summed E-state index contributed by atoms with van der Waals surface area (Å²) in [6, 6.07) is 0. The molecular weight excluding hydrogens is 321 g/mol. The Labute approximate surface area is 125 Å². The molecule has 0 saturated carbocycles. The number of ether oxygens (including phenoxy) is 1. The third kappa shape index (κ3) is 3.99. The molecule has 11 heteroatoms. The first-order valence-electron chi connectivity index (χ1n) is 6.41. The summed E-state index contributed by atoms with van der Waals surface area (Å²) in [5.41, 5.74) is 0. The molecule has 0 aromatic heterocycles. The van der Waals surface area contributed by atoms with E-state index in [2.05, 4.69) is 4.52 Å². The molecule has 0 aromatic rings. The minimum absolute atomic E-state index is 0.0341. The lowest BCUT2D eigenvalue weighted by Crippen LogP contribution is -2.42. The average molecular weight is 338 g/mol. The van der Waals surface area contributed by atoms with Gasteiger partial charge in [-0.2, -0.15) is 0 Å². The Balaban J connectivity index is 2.04. The third-order valence-corrected chi connectivity index (χ3v) is 3.90. The molecule has 22 heavy (non-hydrogen) atoms. The van der Waals surface area contributed by atoms with Crippen LogP contribution in [0.3, 0.4) is 0 Å². The molecule has 2 aliphatic rings. The quantitative estimate of drug-likeness (QED) is 0.280. The van der Waals surface area contributed by atoms with Gasteiger partial charge < -0.3 is 29.8 Å². The number of rotatable bonds is 5. The number of hydrogen-bond donors (Lipinski definition) is 5. The van der Waals surface area contributed by atoms with Crippen LogP contribution in [0.15, 0.2) is 12.2 Å². The molecule has 0 bridgehead atoms. The van der Waals surface area contributed by atoms with Crippen molar-refractivity contribution in [3.8, 4) is 0 Å². The number of allylic oxidation sites excluding steroid dienone is 1. The second-order valence-corrected chi connectivity index (χ2v) is 6.25. The van der Waals surface area contributed by atoms with Crippen LogP contribution in [0.25, 0.3) is 0 Å². The van der Waals surface area contributed by atoms with Crippen molar-refractivity contribution < 1.29 is 48.3 Å². The minimum atomic E-state index is -4.72. The predicted molar refractivity (Wildman–Crippen MR) is 70.1 cm³/mol. The van der Waals surface area contributed by atoms with Crippen LogP contribution in [0.5, 0.6) is 0 Å². The molecule has 1 fully saturated rings. The van der Waals surface area contributed by atoms with E-state index in [-0.39, 0.29) is 6.54 Å². The summed E-state index contributed by atoms with van der Waals surface area (Å²) < 4.78 is 21.7. The van der Waals surface area contributed by atoms with Gasteiger partial charge >= 0.3 is 13.8 Å². The number of hydrogen-bond acceptors (Lipinski definition) is 6. The normalized spacial score (nSPS) is 35.5. The molecule has 2 rings (SSSR count). The van der Waals surface area contributed by atoms with E-state index in [0.717, 1.165) is 0 Å². The molecule has 2 heterocycles. The van der Waals surface area contributed by atoms with Crippen LogP contribution < -0.4 is 0 Å². The van der Waals surface area contributed by atoms with Crippen LogP contribution >= 0.6 is 7.82 Å². The largest absolute Gasteiger partial charge is 0.481 e. The second kappa shape index (κ2) is 6.55. The lowest BCUT2D eigenvalue weighted by molar-refractivity contribution is -0.617. The van der Waals surface area contributed by atoms with Crippen molar-refractivity contribution >= 4 is 20.0 Å². The summed E-state index contributed by atoms with van der Waals surface area (Å²) in [7, 11) is -4.72. The molecule has 0 aliphatic carbocycles. The maximum atomic E-state index is 11.0. The molecule has 2 aliphatic heterocycles. The van der Waals surface area contributed by atoms with Crippen LogP contribution in [0.2, 0.25) is 0 Å². The monoisotopic (exact) mass is 338 g/mol. The number of carboxylic acid groups (broad SMARTS) is 1. The fourth-order valence-electron chi connectivity index (χ4n) is 2.30. The van der Waals surface area contributed by atoms with Crippen molar-refractivity contribution in [2.75, 3.05) is 13.2 Å². The van der Waals surface area contributed by atoms with Crippen molar-refractivity contribution in [1.29, 1.82) is 0 Å². The zero-order valence-electron chi connectivity index (χ0n) is 11.3. The Bertz CT molecular complexity index is 542. The van der Waals surface area contributed by atoms with Gasteiger partial charge in [0, 0.05) is 0 Å². The van der Waals surface area contributed by atoms with Crippen LogP contribution in [-0.4, -0.2) is 79.6 Å². The zero-order valence-corrected chi connectivity index (χ0v) is 12.2. The first kappa shape index (κ1) is 17.2. The molecular formula is C11H17NO9P+. The number of aliphatic carboxylic acids is 1. The van der Waals surface area contributed by atoms with Gasteiger partial charge in [0.1, 0.15) is 18.1 Å². The number of phosphoric ester groups is 1. The van der Waals surface area contributed by atoms with E-state index >= 15 is 0 Å². The van der Waals surface area contributed by atoms with Crippen LogP contribution in [0, 0.1) is 5.92 Å². The summed E-state index contributed by atoms with van der Waals surface area (Å²) in [5.74, 6) is -1.83. The maximum Gasteiger partial charge on any atom is 0.469 e. The maximum absolute atomic E-state index is 11.0. The SMILES string of the molecule is O=C(O)C1C=CC=[N+]([C@@H]2O[C@H](COP(=O)(O)O)[C@@H](O)[C@H]2O)C1. The highest BCUT2D eigenvalue weighted by Gasteiger charge is 2.50. The Morgan fingerprint density at radius 1 is 1.36 bits per heavy atom. The van der Waals surface area contributed by atoms with Gasteiger partial charge in [-0.05, 0) is 6.08 Å². The highest BCUT2D eigenvalue weighted by Crippen LogP contribution is 2.37. The fraction of sp³-hybridized carbons (Fsp3) is 0.636. The molecule has 5 atom stereocenters. The highest BCUT2D eigenvalue weighted by atomic mass is 31.2. The fourth-order valence-corrected chi connectivity index (χ4v) is 2.64. The molecule has 1 saturated heterocycles. The zero-order chi connectivity index (χ0) is 16.5. The van der Waals surface area contributed by atoms with Gasteiger partial charge in [0.15, 0.2) is 18.9 Å². The Hall–Kier alpha value is -1.13. The van der Waals surface area contributed by atoms with Crippen molar-refractivity contribution in [1.82, 2.24) is 0 Å². The summed E-state index contributed by atoms with van der Waals surface area (Å²) in [6.45, 7) is -0.572. The third-order valence-electron chi connectivity index (χ3n) is 3.42. The van der Waals surface area contributed by atoms with Gasteiger partial charge in [-0.25, -0.2) is 9.14 Å². The van der Waals surface area contributed by atoms with Gasteiger partial charge in [-0.3, -0.25) is 9.32 Å². The topological polar surface area (TPSA) is 157 Å². The first-order chi connectivity index (χ1) is 10.2. The summed E-state index contributed by atoms with van der Waals surface area (Å²) in [4.78, 5) is 28.3. The van der Waals surface area contributed by atoms with Gasteiger partial charge in [0.2, 0.25) is 0 Å². The molecule has 0 aromatic carbocycles. The van der Waals surface area contributed by atoms with Crippen molar-refractivity contribution in [3.63, 3.8) is 0 Å². The van der Waals surface area contributed by atoms with Gasteiger partial charge in [-0.1, -0.05) is 6.08 Å². The lowest BCUT2D eigenvalue weighted by Gasteiger charge is -2.17. The lowest BCUT2D eigenvalue weighted by atomic mass is 10.1. The Morgan fingerprint density at radius 2 is 2.05 bits per heavy atom. The van der Waals surface area contributed by atoms with Gasteiger partial charge in [0.05, 0.1) is 6.61 Å². The van der Waals surface area contributed by atoms with Crippen molar-refractivity contribution in [2.24, 2.45) is 5.92 Å². The van der Waals surface area contributed by atoms with Gasteiger partial charge in [0.25, 0.3) is 6.23 Å². The molecule has 10 nitrogen and oxygen atoms in total. The van der Waals surface area contributed by atoms with E-state index in [1.807, 2.05) is 0 Å². The Kier molecular flexibility index (Phi) is 5.13. The molecule has 124 valence electrons. The van der Waals surface area contributed by atoms with E-state index in [4.69, 9.17) is 19.6 Å². The molecule has 0 radical (unpaired) electrons. The van der Waals surface area contributed by atoms with E-state index < -0.39 is 50.9 Å². The molecule has 1 unspecified atom stereocenters. The van der Waals surface area contributed by atoms with Crippen LogP contribution in [0.1, 0.15) is 0 Å². The van der Waals surface area contributed by atoms with Crippen molar-refractivity contribution in [2.45, 2.75) is 24.5 Å². The molecule has 0 amide bonds. The van der Waals surface area contributed by atoms with Crippen molar-refractivity contribution in [3.05, 3.63) is 12.2 Å². The summed E-state index contributed by atoms with van der Waals surface area (Å²) >= 11 is 0. The number of phosphoric acid groups is 1. The first-order valence-corrected chi connectivity index (χ1v) is 7.94. The van der Waals surface area contributed by atoms with Gasteiger partial charge in [-0.15, -0.1) is 0 Å². The average Bonchev–Trinajstić information content (AvgIpc) is 2.72. The minimum Gasteiger partial charge on any atom is -0.481 e. The number of nitrogens with zero attached hydrogens (tertiary/aromatic N) is 1. The molecule has 5 N–H and O–H groups in total. The standard InChI is InChI=1S/C11H16NO9P/c13-8-7(5-20-22(17,18)19)21-10(9(8)14)12-3-1-2-6(4-12)11(15)16/h1-3,6-10,13-14H,4-5H2,(H2-,15,16,17,18,19)/p+1/t6?,7-,8-,9-,10-/m1/s1. The summed E-state index contributed by atoms with van der Waals surface area (Å²) in [6.07, 6.45) is -0.495. The van der Waals surface area contributed by atoms with E-state index in [1.54, 1.807) is 0 Å². The van der Waals surface area contributed by atoms with E-state index in [1.165, 1.54) is 22.9 Å². The van der Waals surface area contributed by atoms with E-state index in [9.17, 15) is 19.6 Å². The molecule has 0 spiro atoms. The number of carbonyl (C=O) groups is 1.